The van der Waals surface area contributed by atoms with Crippen molar-refractivity contribution in [2.24, 2.45) is 0 Å². The molecule has 0 aromatic heterocycles. The number of alkyl halides is 1. The van der Waals surface area contributed by atoms with Gasteiger partial charge in [-0.05, 0) is 42.8 Å². The van der Waals surface area contributed by atoms with Gasteiger partial charge in [0, 0.05) is 20.6 Å². The molecule has 0 spiro atoms. The third kappa shape index (κ3) is 3.11. The maximum absolute atomic E-state index is 13.9. The Hall–Kier alpha value is -0.770. The van der Waals surface area contributed by atoms with Crippen molar-refractivity contribution in [3.8, 4) is 5.75 Å². The molecular weight excluding hydrogens is 366 g/mol. The summed E-state index contributed by atoms with van der Waals surface area (Å²) in [6.07, 6.45) is 0. The van der Waals surface area contributed by atoms with Crippen molar-refractivity contribution in [3.05, 3.63) is 62.3 Å². The molecule has 0 aliphatic rings. The number of hydrogen-bond acceptors (Lipinski definition) is 1. The van der Waals surface area contributed by atoms with E-state index >= 15 is 0 Å². The molecule has 2 aromatic carbocycles. The average molecular weight is 378 g/mol. The molecule has 0 aliphatic carbocycles. The van der Waals surface area contributed by atoms with Crippen LogP contribution in [-0.2, 0) is 0 Å². The van der Waals surface area contributed by atoms with E-state index in [2.05, 4.69) is 15.9 Å². The quantitative estimate of drug-likeness (QED) is 0.606. The van der Waals surface area contributed by atoms with Gasteiger partial charge in [0.2, 0.25) is 0 Å². The van der Waals surface area contributed by atoms with Crippen LogP contribution in [0.25, 0.3) is 0 Å². The summed E-state index contributed by atoms with van der Waals surface area (Å²) in [7, 11) is 1.56. The van der Waals surface area contributed by atoms with Crippen LogP contribution >= 0.6 is 39.1 Å². The first-order valence-corrected chi connectivity index (χ1v) is 7.48. The van der Waals surface area contributed by atoms with E-state index < -0.39 is 11.2 Å². The van der Waals surface area contributed by atoms with Gasteiger partial charge >= 0.3 is 0 Å². The number of methoxy groups -OCH3 is 1. The number of ether oxygens (including phenoxy) is 1. The summed E-state index contributed by atoms with van der Waals surface area (Å²) in [4.78, 5) is 0. The molecule has 2 aromatic rings. The van der Waals surface area contributed by atoms with Gasteiger partial charge in [-0.25, -0.2) is 4.39 Å². The van der Waals surface area contributed by atoms with Crippen LogP contribution in [-0.4, -0.2) is 7.11 Å². The van der Waals surface area contributed by atoms with Crippen molar-refractivity contribution in [1.29, 1.82) is 0 Å². The summed E-state index contributed by atoms with van der Waals surface area (Å²) in [5.74, 6) is 0.221. The minimum absolute atomic E-state index is 0.327. The third-order valence-corrected chi connectivity index (χ3v) is 4.57. The zero-order valence-electron chi connectivity index (χ0n) is 10.9. The van der Waals surface area contributed by atoms with E-state index in [0.717, 1.165) is 10.0 Å². The lowest BCUT2D eigenvalue weighted by Crippen LogP contribution is -2.01. The van der Waals surface area contributed by atoms with E-state index in [1.165, 1.54) is 18.2 Å². The van der Waals surface area contributed by atoms with E-state index in [1.54, 1.807) is 7.11 Å². The Balaban J connectivity index is 2.55. The van der Waals surface area contributed by atoms with Crippen molar-refractivity contribution in [1.82, 2.24) is 0 Å². The van der Waals surface area contributed by atoms with E-state index in [0.29, 0.717) is 21.9 Å². The maximum atomic E-state index is 13.9. The van der Waals surface area contributed by atoms with Gasteiger partial charge in [0.25, 0.3) is 0 Å². The molecule has 0 heterocycles. The molecule has 0 saturated carbocycles. The van der Waals surface area contributed by atoms with E-state index in [-0.39, 0.29) is 0 Å². The van der Waals surface area contributed by atoms with E-state index in [1.807, 2.05) is 19.1 Å². The fourth-order valence-corrected chi connectivity index (χ4v) is 2.80. The van der Waals surface area contributed by atoms with Crippen LogP contribution in [0, 0.1) is 12.7 Å². The third-order valence-electron chi connectivity index (χ3n) is 3.02. The molecule has 1 atom stereocenters. The first-order chi connectivity index (χ1) is 9.43. The van der Waals surface area contributed by atoms with Gasteiger partial charge in [-0.2, -0.15) is 0 Å². The van der Waals surface area contributed by atoms with Crippen molar-refractivity contribution in [3.63, 3.8) is 0 Å². The Morgan fingerprint density at radius 2 is 1.90 bits per heavy atom. The lowest BCUT2D eigenvalue weighted by atomic mass is 10.0. The molecule has 20 heavy (non-hydrogen) atoms. The minimum Gasteiger partial charge on any atom is -0.496 e. The van der Waals surface area contributed by atoms with E-state index in [9.17, 15) is 4.39 Å². The summed E-state index contributed by atoms with van der Waals surface area (Å²) in [6, 6.07) is 8.03. The highest BCUT2D eigenvalue weighted by Crippen LogP contribution is 2.39. The number of aryl methyl sites for hydroxylation is 1. The van der Waals surface area contributed by atoms with Crippen LogP contribution in [0.4, 0.5) is 4.39 Å². The first-order valence-electron chi connectivity index (χ1n) is 5.87. The fraction of sp³-hybridized carbons (Fsp3) is 0.200. The molecule has 1 nitrogen and oxygen atoms in total. The number of rotatable bonds is 3. The zero-order chi connectivity index (χ0) is 14.9. The van der Waals surface area contributed by atoms with Crippen molar-refractivity contribution >= 4 is 39.1 Å². The lowest BCUT2D eigenvalue weighted by Gasteiger charge is -2.17. The van der Waals surface area contributed by atoms with Gasteiger partial charge in [-0.3, -0.25) is 0 Å². The summed E-state index contributed by atoms with van der Waals surface area (Å²) in [6.45, 7) is 1.94. The Morgan fingerprint density at radius 3 is 2.55 bits per heavy atom. The van der Waals surface area contributed by atoms with Crippen LogP contribution < -0.4 is 4.74 Å². The normalized spacial score (nSPS) is 12.3. The topological polar surface area (TPSA) is 9.23 Å². The Labute approximate surface area is 135 Å². The molecule has 2 rings (SSSR count). The second-order valence-electron chi connectivity index (χ2n) is 4.37. The summed E-state index contributed by atoms with van der Waals surface area (Å²) >= 11 is 15.8. The molecule has 0 saturated heterocycles. The van der Waals surface area contributed by atoms with Crippen molar-refractivity contribution in [2.45, 2.75) is 12.3 Å². The van der Waals surface area contributed by atoms with Crippen molar-refractivity contribution < 1.29 is 9.13 Å². The van der Waals surface area contributed by atoms with Gasteiger partial charge in [-0.1, -0.05) is 27.5 Å². The average Bonchev–Trinajstić information content (AvgIpc) is 2.43. The molecule has 0 N–H and O–H groups in total. The number of hydrogen-bond donors (Lipinski definition) is 0. The predicted molar refractivity (Wildman–Crippen MR) is 84.5 cm³/mol. The Bertz CT molecular complexity index is 646. The number of benzene rings is 2. The highest BCUT2D eigenvalue weighted by atomic mass is 79.9. The summed E-state index contributed by atoms with van der Waals surface area (Å²) in [5.41, 5.74) is 2.03. The Morgan fingerprint density at radius 1 is 1.20 bits per heavy atom. The minimum atomic E-state index is -0.680. The predicted octanol–water partition coefficient (Wildman–Crippen LogP) is 5.89. The van der Waals surface area contributed by atoms with Gasteiger partial charge < -0.3 is 4.74 Å². The molecule has 0 radical (unpaired) electrons. The largest absolute Gasteiger partial charge is 0.496 e. The molecule has 0 aliphatic heterocycles. The second kappa shape index (κ2) is 6.33. The standard InChI is InChI=1S/C15H12BrCl2FO/c1-8-5-14(20-2)11(7-12(8)16)15(18)10-6-9(17)3-4-13(10)19/h3-7,15H,1-2H3. The van der Waals surface area contributed by atoms with Gasteiger partial charge in [0.05, 0.1) is 12.5 Å². The molecule has 5 heteroatoms. The van der Waals surface area contributed by atoms with Crippen LogP contribution in [0.3, 0.4) is 0 Å². The summed E-state index contributed by atoms with van der Waals surface area (Å²) in [5, 5.41) is -0.238. The zero-order valence-corrected chi connectivity index (χ0v) is 14.0. The van der Waals surface area contributed by atoms with Crippen LogP contribution in [0.1, 0.15) is 22.1 Å². The van der Waals surface area contributed by atoms with Gasteiger partial charge in [0.1, 0.15) is 11.6 Å². The molecule has 0 amide bonds. The maximum Gasteiger partial charge on any atom is 0.128 e. The highest BCUT2D eigenvalue weighted by molar-refractivity contribution is 9.10. The Kier molecular flexibility index (Phi) is 4.95. The fourth-order valence-electron chi connectivity index (χ4n) is 1.92. The number of halogens is 4. The van der Waals surface area contributed by atoms with Crippen molar-refractivity contribution in [2.75, 3.05) is 7.11 Å². The smallest absolute Gasteiger partial charge is 0.128 e. The molecule has 0 fully saturated rings. The highest BCUT2D eigenvalue weighted by Gasteiger charge is 2.20. The van der Waals surface area contributed by atoms with Gasteiger partial charge in [-0.15, -0.1) is 11.6 Å². The first kappa shape index (κ1) is 15.6. The molecular formula is C15H12BrCl2FO. The molecule has 106 valence electrons. The van der Waals surface area contributed by atoms with Crippen LogP contribution in [0.5, 0.6) is 5.75 Å². The SMILES string of the molecule is COc1cc(C)c(Br)cc1C(Cl)c1cc(Cl)ccc1F. The van der Waals surface area contributed by atoms with Gasteiger partial charge in [0.15, 0.2) is 0 Å². The lowest BCUT2D eigenvalue weighted by molar-refractivity contribution is 0.409. The van der Waals surface area contributed by atoms with Crippen LogP contribution in [0.2, 0.25) is 5.02 Å². The molecule has 0 bridgehead atoms. The van der Waals surface area contributed by atoms with E-state index in [4.69, 9.17) is 27.9 Å². The monoisotopic (exact) mass is 376 g/mol. The molecule has 1 unspecified atom stereocenters. The summed E-state index contributed by atoms with van der Waals surface area (Å²) < 4.78 is 20.1. The van der Waals surface area contributed by atoms with Crippen LogP contribution in [0.15, 0.2) is 34.8 Å². The second-order valence-corrected chi connectivity index (χ2v) is 6.10.